The van der Waals surface area contributed by atoms with Gasteiger partial charge >= 0.3 is 12.1 Å². The standard InChI is InChI=1S/C13H14F3NO2/c1-4-8-6-9(12(18)19-3)11(17-5-2)7-10(8)13(14,15)16/h4,6-7,17H,1,5H2,2-3H3. The van der Waals surface area contributed by atoms with Gasteiger partial charge in [0.15, 0.2) is 0 Å². The Labute approximate surface area is 109 Å². The minimum absolute atomic E-state index is 0.0484. The van der Waals surface area contributed by atoms with Gasteiger partial charge in [0, 0.05) is 12.2 Å². The van der Waals surface area contributed by atoms with Crippen molar-refractivity contribution in [3.05, 3.63) is 35.4 Å². The zero-order chi connectivity index (χ0) is 14.6. The number of carbonyl (C=O) groups excluding carboxylic acids is 1. The molecule has 0 fully saturated rings. The van der Waals surface area contributed by atoms with Gasteiger partial charge in [-0.15, -0.1) is 0 Å². The van der Waals surface area contributed by atoms with Crippen molar-refractivity contribution < 1.29 is 22.7 Å². The average molecular weight is 273 g/mol. The summed E-state index contributed by atoms with van der Waals surface area (Å²) in [5.41, 5.74) is -0.861. The van der Waals surface area contributed by atoms with E-state index in [2.05, 4.69) is 16.6 Å². The van der Waals surface area contributed by atoms with Gasteiger partial charge in [-0.05, 0) is 24.6 Å². The van der Waals surface area contributed by atoms with E-state index in [1.54, 1.807) is 6.92 Å². The van der Waals surface area contributed by atoms with Gasteiger partial charge in [0.05, 0.1) is 18.2 Å². The lowest BCUT2D eigenvalue weighted by molar-refractivity contribution is -0.137. The zero-order valence-corrected chi connectivity index (χ0v) is 10.6. The third-order valence-electron chi connectivity index (χ3n) is 2.49. The van der Waals surface area contributed by atoms with Gasteiger partial charge in [0.25, 0.3) is 0 Å². The molecule has 0 saturated carbocycles. The molecule has 0 aliphatic rings. The van der Waals surface area contributed by atoms with Gasteiger partial charge in [-0.1, -0.05) is 12.7 Å². The maximum absolute atomic E-state index is 12.9. The van der Waals surface area contributed by atoms with Gasteiger partial charge in [-0.3, -0.25) is 0 Å². The second kappa shape index (κ2) is 5.77. The number of alkyl halides is 3. The summed E-state index contributed by atoms with van der Waals surface area (Å²) < 4.78 is 43.2. The third-order valence-corrected chi connectivity index (χ3v) is 2.49. The quantitative estimate of drug-likeness (QED) is 0.852. The zero-order valence-electron chi connectivity index (χ0n) is 10.6. The maximum atomic E-state index is 12.9. The van der Waals surface area contributed by atoms with Crippen LogP contribution in [-0.4, -0.2) is 19.6 Å². The lowest BCUT2D eigenvalue weighted by atomic mass is 10.0. The molecular weight excluding hydrogens is 259 g/mol. The van der Waals surface area contributed by atoms with E-state index in [1.165, 1.54) is 7.11 Å². The van der Waals surface area contributed by atoms with Crippen LogP contribution in [0.1, 0.15) is 28.4 Å². The molecule has 104 valence electrons. The number of esters is 1. The highest BCUT2D eigenvalue weighted by Crippen LogP contribution is 2.36. The van der Waals surface area contributed by atoms with E-state index in [9.17, 15) is 18.0 Å². The summed E-state index contributed by atoms with van der Waals surface area (Å²) in [6.45, 7) is 5.44. The van der Waals surface area contributed by atoms with Crippen LogP contribution in [0, 0.1) is 0 Å². The number of benzene rings is 1. The Morgan fingerprint density at radius 3 is 2.53 bits per heavy atom. The van der Waals surface area contributed by atoms with E-state index in [1.807, 2.05) is 0 Å². The molecule has 0 amide bonds. The number of carbonyl (C=O) groups is 1. The molecule has 1 rings (SSSR count). The van der Waals surface area contributed by atoms with E-state index in [0.717, 1.165) is 18.2 Å². The second-order valence-electron chi connectivity index (χ2n) is 3.71. The third kappa shape index (κ3) is 3.27. The molecule has 6 heteroatoms. The van der Waals surface area contributed by atoms with Crippen LogP contribution < -0.4 is 5.32 Å². The van der Waals surface area contributed by atoms with Crippen LogP contribution in [-0.2, 0) is 10.9 Å². The predicted molar refractivity (Wildman–Crippen MR) is 67.0 cm³/mol. The first-order chi connectivity index (χ1) is 8.85. The number of nitrogens with one attached hydrogen (secondary N) is 1. The average Bonchev–Trinajstić information content (AvgIpc) is 2.36. The molecule has 0 heterocycles. The Balaban J connectivity index is 3.50. The van der Waals surface area contributed by atoms with Crippen molar-refractivity contribution in [3.63, 3.8) is 0 Å². The molecule has 0 bridgehead atoms. The summed E-state index contributed by atoms with van der Waals surface area (Å²) in [4.78, 5) is 11.6. The first-order valence-electron chi connectivity index (χ1n) is 5.55. The first-order valence-corrected chi connectivity index (χ1v) is 5.55. The fraction of sp³-hybridized carbons (Fsp3) is 0.308. The number of ether oxygens (including phenoxy) is 1. The Bertz CT molecular complexity index is 495. The van der Waals surface area contributed by atoms with E-state index >= 15 is 0 Å². The molecule has 0 atom stereocenters. The van der Waals surface area contributed by atoms with Crippen LogP contribution >= 0.6 is 0 Å². The lowest BCUT2D eigenvalue weighted by Gasteiger charge is -2.16. The van der Waals surface area contributed by atoms with Crippen molar-refractivity contribution in [2.45, 2.75) is 13.1 Å². The summed E-state index contributed by atoms with van der Waals surface area (Å²) in [6, 6.07) is 2.02. The summed E-state index contributed by atoms with van der Waals surface area (Å²) in [6.07, 6.45) is -3.45. The van der Waals surface area contributed by atoms with Crippen molar-refractivity contribution in [1.29, 1.82) is 0 Å². The normalized spacial score (nSPS) is 11.0. The smallest absolute Gasteiger partial charge is 0.417 e. The summed E-state index contributed by atoms with van der Waals surface area (Å²) >= 11 is 0. The number of rotatable bonds is 4. The minimum Gasteiger partial charge on any atom is -0.465 e. The molecular formula is C13H14F3NO2. The monoisotopic (exact) mass is 273 g/mol. The summed E-state index contributed by atoms with van der Waals surface area (Å²) in [5.74, 6) is -0.701. The molecule has 0 aromatic heterocycles. The number of anilines is 1. The van der Waals surface area contributed by atoms with Gasteiger partial charge < -0.3 is 10.1 Å². The van der Waals surface area contributed by atoms with E-state index in [0.29, 0.717) is 6.54 Å². The Hall–Kier alpha value is -1.98. The molecule has 0 radical (unpaired) electrons. The molecule has 19 heavy (non-hydrogen) atoms. The van der Waals surface area contributed by atoms with Crippen LogP contribution in [0.2, 0.25) is 0 Å². The number of hydrogen-bond acceptors (Lipinski definition) is 3. The predicted octanol–water partition coefficient (Wildman–Crippen LogP) is 3.57. The summed E-state index contributed by atoms with van der Waals surface area (Å²) in [5, 5.41) is 2.72. The van der Waals surface area contributed by atoms with Crippen molar-refractivity contribution in [3.8, 4) is 0 Å². The van der Waals surface area contributed by atoms with Crippen LogP contribution in [0.15, 0.2) is 18.7 Å². The molecule has 1 N–H and O–H groups in total. The largest absolute Gasteiger partial charge is 0.465 e. The van der Waals surface area contributed by atoms with Gasteiger partial charge in [0.1, 0.15) is 0 Å². The van der Waals surface area contributed by atoms with E-state index in [4.69, 9.17) is 0 Å². The number of halogens is 3. The van der Waals surface area contributed by atoms with Crippen LogP contribution in [0.4, 0.5) is 18.9 Å². The molecule has 0 aliphatic heterocycles. The SMILES string of the molecule is C=Cc1cc(C(=O)OC)c(NCC)cc1C(F)(F)F. The Kier molecular flexibility index (Phi) is 4.58. The topological polar surface area (TPSA) is 38.3 Å². The molecule has 3 nitrogen and oxygen atoms in total. The maximum Gasteiger partial charge on any atom is 0.417 e. The highest BCUT2D eigenvalue weighted by Gasteiger charge is 2.34. The first kappa shape index (κ1) is 15.1. The number of methoxy groups -OCH3 is 1. The molecule has 1 aromatic carbocycles. The highest BCUT2D eigenvalue weighted by atomic mass is 19.4. The lowest BCUT2D eigenvalue weighted by Crippen LogP contribution is -2.13. The van der Waals surface area contributed by atoms with Crippen molar-refractivity contribution in [2.24, 2.45) is 0 Å². The highest BCUT2D eigenvalue weighted by molar-refractivity contribution is 5.96. The number of hydrogen-bond donors (Lipinski definition) is 1. The second-order valence-corrected chi connectivity index (χ2v) is 3.71. The van der Waals surface area contributed by atoms with Gasteiger partial charge in [-0.25, -0.2) is 4.79 Å². The van der Waals surface area contributed by atoms with Crippen LogP contribution in [0.25, 0.3) is 6.08 Å². The van der Waals surface area contributed by atoms with Crippen LogP contribution in [0.3, 0.4) is 0 Å². The van der Waals surface area contributed by atoms with Gasteiger partial charge in [0.2, 0.25) is 0 Å². The van der Waals surface area contributed by atoms with E-state index < -0.39 is 17.7 Å². The molecule has 0 aliphatic carbocycles. The molecule has 0 saturated heterocycles. The Morgan fingerprint density at radius 2 is 2.11 bits per heavy atom. The molecule has 0 spiro atoms. The Morgan fingerprint density at radius 1 is 1.47 bits per heavy atom. The fourth-order valence-corrected chi connectivity index (χ4v) is 1.65. The fourth-order valence-electron chi connectivity index (χ4n) is 1.65. The van der Waals surface area contributed by atoms with Crippen molar-refractivity contribution in [1.82, 2.24) is 0 Å². The van der Waals surface area contributed by atoms with Crippen molar-refractivity contribution in [2.75, 3.05) is 19.0 Å². The molecule has 0 unspecified atom stereocenters. The summed E-state index contributed by atoms with van der Waals surface area (Å²) in [7, 11) is 1.17. The van der Waals surface area contributed by atoms with Crippen LogP contribution in [0.5, 0.6) is 0 Å². The minimum atomic E-state index is -4.51. The van der Waals surface area contributed by atoms with Crippen molar-refractivity contribution >= 4 is 17.7 Å². The van der Waals surface area contributed by atoms with Gasteiger partial charge in [-0.2, -0.15) is 13.2 Å². The molecule has 1 aromatic rings. The van der Waals surface area contributed by atoms with E-state index in [-0.39, 0.29) is 16.8 Å².